The highest BCUT2D eigenvalue weighted by Crippen LogP contribution is 2.32. The van der Waals surface area contributed by atoms with Gasteiger partial charge in [0, 0.05) is 31.5 Å². The Morgan fingerprint density at radius 2 is 1.77 bits per heavy atom. The quantitative estimate of drug-likeness (QED) is 0.150. The Labute approximate surface area is 232 Å². The number of nitrogens with one attached hydrogen (secondary N) is 1. The maximum absolute atomic E-state index is 13.6. The highest BCUT2D eigenvalue weighted by atomic mass is 32.2. The SMILES string of the molecule is CC(C)(c1ccccc1)c1cccc(S(=O)(=O)N[C@@H](CCCN=C(N)N)C(=O)N2CCC(CCC=O)CC2)c1. The lowest BCUT2D eigenvalue weighted by Crippen LogP contribution is -2.50. The summed E-state index contributed by atoms with van der Waals surface area (Å²) in [5, 5.41) is 0. The number of aliphatic imine (C=N–C) groups is 1. The molecule has 1 aliphatic rings. The molecule has 1 saturated heterocycles. The average molecular weight is 556 g/mol. The van der Waals surface area contributed by atoms with Crippen molar-refractivity contribution in [1.82, 2.24) is 9.62 Å². The van der Waals surface area contributed by atoms with Crippen molar-refractivity contribution in [3.8, 4) is 0 Å². The van der Waals surface area contributed by atoms with Gasteiger partial charge in [-0.05, 0) is 61.3 Å². The number of likely N-dealkylation sites (tertiary alicyclic amines) is 1. The van der Waals surface area contributed by atoms with E-state index < -0.39 is 21.5 Å². The summed E-state index contributed by atoms with van der Waals surface area (Å²) in [7, 11) is -4.01. The molecule has 5 N–H and O–H groups in total. The molecule has 0 aromatic heterocycles. The van der Waals surface area contributed by atoms with Crippen molar-refractivity contribution in [2.45, 2.75) is 68.7 Å². The zero-order valence-electron chi connectivity index (χ0n) is 22.9. The van der Waals surface area contributed by atoms with E-state index in [4.69, 9.17) is 11.5 Å². The van der Waals surface area contributed by atoms with E-state index in [1.54, 1.807) is 23.1 Å². The fourth-order valence-electron chi connectivity index (χ4n) is 5.03. The number of carbonyl (C=O) groups is 2. The van der Waals surface area contributed by atoms with Crippen molar-refractivity contribution in [1.29, 1.82) is 0 Å². The van der Waals surface area contributed by atoms with E-state index in [9.17, 15) is 18.0 Å². The van der Waals surface area contributed by atoms with Crippen molar-refractivity contribution in [2.75, 3.05) is 19.6 Å². The van der Waals surface area contributed by atoms with Gasteiger partial charge in [0.1, 0.15) is 12.3 Å². The van der Waals surface area contributed by atoms with Gasteiger partial charge in [-0.3, -0.25) is 9.79 Å². The van der Waals surface area contributed by atoms with Gasteiger partial charge in [0.25, 0.3) is 0 Å². The average Bonchev–Trinajstić information content (AvgIpc) is 2.94. The summed E-state index contributed by atoms with van der Waals surface area (Å²) in [6.07, 6.45) is 4.55. The lowest BCUT2D eigenvalue weighted by Gasteiger charge is -2.34. The molecule has 1 atom stereocenters. The molecule has 0 bridgehead atoms. The molecule has 1 heterocycles. The fraction of sp³-hybridized carbons (Fsp3) is 0.483. The lowest BCUT2D eigenvalue weighted by atomic mass is 9.78. The number of hydrogen-bond acceptors (Lipinski definition) is 5. The monoisotopic (exact) mass is 555 g/mol. The number of sulfonamides is 1. The molecule has 10 heteroatoms. The molecule has 0 aliphatic carbocycles. The number of hydrogen-bond donors (Lipinski definition) is 3. The maximum Gasteiger partial charge on any atom is 0.241 e. The Hall–Kier alpha value is -3.24. The number of piperidine rings is 1. The highest BCUT2D eigenvalue weighted by Gasteiger charge is 2.32. The summed E-state index contributed by atoms with van der Waals surface area (Å²) < 4.78 is 29.8. The first-order valence-corrected chi connectivity index (χ1v) is 15.0. The third-order valence-corrected chi connectivity index (χ3v) is 8.99. The van der Waals surface area contributed by atoms with E-state index in [-0.39, 0.29) is 23.2 Å². The summed E-state index contributed by atoms with van der Waals surface area (Å²) >= 11 is 0. The summed E-state index contributed by atoms with van der Waals surface area (Å²) in [5.41, 5.74) is 12.3. The third kappa shape index (κ3) is 8.37. The van der Waals surface area contributed by atoms with Gasteiger partial charge in [-0.25, -0.2) is 8.42 Å². The molecule has 0 radical (unpaired) electrons. The molecule has 3 rings (SSSR count). The van der Waals surface area contributed by atoms with E-state index in [1.165, 1.54) is 0 Å². The minimum Gasteiger partial charge on any atom is -0.370 e. The van der Waals surface area contributed by atoms with E-state index in [1.807, 2.05) is 36.4 Å². The first-order valence-electron chi connectivity index (χ1n) is 13.5. The van der Waals surface area contributed by atoms with Crippen LogP contribution in [0.3, 0.4) is 0 Å². The summed E-state index contributed by atoms with van der Waals surface area (Å²) in [6, 6.07) is 15.8. The van der Waals surface area contributed by atoms with Gasteiger partial charge >= 0.3 is 0 Å². The van der Waals surface area contributed by atoms with E-state index >= 15 is 0 Å². The normalized spacial score (nSPS) is 15.5. The van der Waals surface area contributed by atoms with E-state index in [0.717, 1.165) is 36.7 Å². The van der Waals surface area contributed by atoms with Crippen molar-refractivity contribution >= 4 is 28.2 Å². The van der Waals surface area contributed by atoms with Crippen LogP contribution in [0.25, 0.3) is 0 Å². The van der Waals surface area contributed by atoms with Gasteiger partial charge in [0.2, 0.25) is 15.9 Å². The fourth-order valence-corrected chi connectivity index (χ4v) is 6.30. The molecule has 0 saturated carbocycles. The topological polar surface area (TPSA) is 148 Å². The van der Waals surface area contributed by atoms with Crippen molar-refractivity contribution in [2.24, 2.45) is 22.4 Å². The molecule has 1 fully saturated rings. The molecule has 2 aromatic rings. The molecule has 39 heavy (non-hydrogen) atoms. The van der Waals surface area contributed by atoms with Crippen LogP contribution in [0.5, 0.6) is 0 Å². The van der Waals surface area contributed by atoms with Gasteiger partial charge in [-0.2, -0.15) is 4.72 Å². The van der Waals surface area contributed by atoms with Gasteiger partial charge < -0.3 is 21.2 Å². The first-order chi connectivity index (χ1) is 18.5. The Balaban J connectivity index is 1.79. The lowest BCUT2D eigenvalue weighted by molar-refractivity contribution is -0.134. The molecule has 9 nitrogen and oxygen atoms in total. The van der Waals surface area contributed by atoms with Crippen LogP contribution in [0.2, 0.25) is 0 Å². The number of carbonyl (C=O) groups excluding carboxylic acids is 2. The Bertz CT molecular complexity index is 1240. The molecule has 0 spiro atoms. The molecular weight excluding hydrogens is 514 g/mol. The number of aldehydes is 1. The van der Waals surface area contributed by atoms with Crippen molar-refractivity contribution in [3.05, 3.63) is 65.7 Å². The van der Waals surface area contributed by atoms with E-state index in [0.29, 0.717) is 38.4 Å². The Morgan fingerprint density at radius 3 is 2.41 bits per heavy atom. The molecule has 2 aromatic carbocycles. The smallest absolute Gasteiger partial charge is 0.241 e. The van der Waals surface area contributed by atoms with E-state index in [2.05, 4.69) is 23.6 Å². The predicted octanol–water partition coefficient (Wildman–Crippen LogP) is 2.93. The van der Waals surface area contributed by atoms with Crippen LogP contribution < -0.4 is 16.2 Å². The van der Waals surface area contributed by atoms with Crippen LogP contribution in [0.15, 0.2) is 64.5 Å². The number of amides is 1. The largest absolute Gasteiger partial charge is 0.370 e. The number of rotatable bonds is 13. The van der Waals surface area contributed by atoms with Gasteiger partial charge in [0.05, 0.1) is 4.90 Å². The minimum atomic E-state index is -4.01. The van der Waals surface area contributed by atoms with Crippen LogP contribution >= 0.6 is 0 Å². The molecule has 1 amide bonds. The second-order valence-electron chi connectivity index (χ2n) is 10.7. The molecule has 1 aliphatic heterocycles. The molecule has 212 valence electrons. The van der Waals surface area contributed by atoms with Crippen LogP contribution in [-0.4, -0.2) is 57.1 Å². The highest BCUT2D eigenvalue weighted by molar-refractivity contribution is 7.89. The van der Waals surface area contributed by atoms with Crippen LogP contribution in [0, 0.1) is 5.92 Å². The third-order valence-electron chi connectivity index (χ3n) is 7.52. The van der Waals surface area contributed by atoms with Gasteiger partial charge in [-0.1, -0.05) is 56.3 Å². The van der Waals surface area contributed by atoms with Gasteiger partial charge in [0.15, 0.2) is 5.96 Å². The number of nitrogens with two attached hydrogens (primary N) is 2. The summed E-state index contributed by atoms with van der Waals surface area (Å²) in [5.74, 6) is 0.0959. The number of benzene rings is 2. The predicted molar refractivity (Wildman–Crippen MR) is 154 cm³/mol. The molecule has 0 unspecified atom stereocenters. The van der Waals surface area contributed by atoms with Crippen LogP contribution in [-0.2, 0) is 25.0 Å². The van der Waals surface area contributed by atoms with Crippen molar-refractivity contribution < 1.29 is 18.0 Å². The number of nitrogens with zero attached hydrogens (tertiary/aromatic N) is 2. The first kappa shape index (κ1) is 30.3. The second-order valence-corrected chi connectivity index (χ2v) is 12.4. The Morgan fingerprint density at radius 1 is 1.10 bits per heavy atom. The maximum atomic E-state index is 13.6. The second kappa shape index (κ2) is 13.7. The molecular formula is C29H41N5O4S. The Kier molecular flexibility index (Phi) is 10.7. The summed E-state index contributed by atoms with van der Waals surface area (Å²) in [6.45, 7) is 5.47. The van der Waals surface area contributed by atoms with Crippen molar-refractivity contribution in [3.63, 3.8) is 0 Å². The minimum absolute atomic E-state index is 0.0475. The van der Waals surface area contributed by atoms with Crippen LogP contribution in [0.4, 0.5) is 0 Å². The van der Waals surface area contributed by atoms with Crippen LogP contribution in [0.1, 0.15) is 63.5 Å². The summed E-state index contributed by atoms with van der Waals surface area (Å²) in [4.78, 5) is 30.0. The zero-order chi connectivity index (χ0) is 28.5. The van der Waals surface area contributed by atoms with Gasteiger partial charge in [-0.15, -0.1) is 0 Å². The number of guanidine groups is 1. The zero-order valence-corrected chi connectivity index (χ0v) is 23.7. The standard InChI is InChI=1S/C29H41N5O4S/c1-29(2,23-10-4-3-5-11-23)24-12-6-13-25(21-24)39(37,38)33-26(14-7-17-32-28(30)31)27(36)34-18-15-22(16-19-34)9-8-20-35/h3-6,10-13,20-22,26,33H,7-9,14-19H2,1-2H3,(H4,30,31,32)/t26-/m0/s1.